The molecular weight excluding hydrogens is 218 g/mol. The number of methoxy groups -OCH3 is 1. The monoisotopic (exact) mass is 237 g/mol. The van der Waals surface area contributed by atoms with E-state index in [2.05, 4.69) is 12.6 Å². The number of hydrogen-bond acceptors (Lipinski definition) is 6. The first kappa shape index (κ1) is 14.7. The number of carbonyl (C=O) groups excluding carboxylic acids is 1. The summed E-state index contributed by atoms with van der Waals surface area (Å²) in [5, 5.41) is 0. The highest BCUT2D eigenvalue weighted by Gasteiger charge is 2.11. The van der Waals surface area contributed by atoms with Crippen molar-refractivity contribution >= 4 is 18.6 Å². The molecule has 0 aromatic heterocycles. The van der Waals surface area contributed by atoms with Crippen molar-refractivity contribution in [1.82, 2.24) is 0 Å². The van der Waals surface area contributed by atoms with Gasteiger partial charge in [-0.25, -0.2) is 0 Å². The van der Waals surface area contributed by atoms with Crippen molar-refractivity contribution in [3.63, 3.8) is 0 Å². The Balaban J connectivity index is 3.20. The third kappa shape index (κ3) is 8.68. The molecule has 0 aromatic carbocycles. The van der Waals surface area contributed by atoms with Crippen molar-refractivity contribution in [2.24, 2.45) is 5.73 Å². The maximum atomic E-state index is 11.0. The predicted octanol–water partition coefficient (Wildman–Crippen LogP) is -0.160. The van der Waals surface area contributed by atoms with Gasteiger partial charge in [0.2, 0.25) is 0 Å². The van der Waals surface area contributed by atoms with E-state index in [0.717, 1.165) is 6.42 Å². The van der Waals surface area contributed by atoms with Crippen molar-refractivity contribution in [1.29, 1.82) is 0 Å². The summed E-state index contributed by atoms with van der Waals surface area (Å²) in [5.41, 5.74) is 5.39. The SMILES string of the molecule is COCCCOCCOC(=O)C(N)CS. The highest BCUT2D eigenvalue weighted by molar-refractivity contribution is 7.80. The second-order valence-electron chi connectivity index (χ2n) is 2.92. The Hall–Kier alpha value is -0.300. The van der Waals surface area contributed by atoms with Crippen molar-refractivity contribution in [2.45, 2.75) is 12.5 Å². The molecule has 0 aromatic rings. The van der Waals surface area contributed by atoms with Crippen LogP contribution < -0.4 is 5.73 Å². The zero-order valence-electron chi connectivity index (χ0n) is 8.98. The molecule has 0 saturated heterocycles. The Morgan fingerprint density at radius 3 is 2.67 bits per heavy atom. The van der Waals surface area contributed by atoms with E-state index < -0.39 is 12.0 Å². The zero-order valence-corrected chi connectivity index (χ0v) is 9.87. The molecule has 0 aliphatic carbocycles. The summed E-state index contributed by atoms with van der Waals surface area (Å²) in [6.07, 6.45) is 0.834. The lowest BCUT2D eigenvalue weighted by molar-refractivity contribution is -0.146. The minimum atomic E-state index is -0.651. The van der Waals surface area contributed by atoms with Gasteiger partial charge in [-0.15, -0.1) is 0 Å². The van der Waals surface area contributed by atoms with Gasteiger partial charge in [0.05, 0.1) is 6.61 Å². The van der Waals surface area contributed by atoms with E-state index in [-0.39, 0.29) is 12.4 Å². The fourth-order valence-electron chi connectivity index (χ4n) is 0.790. The van der Waals surface area contributed by atoms with Crippen molar-refractivity contribution in [2.75, 3.05) is 39.3 Å². The van der Waals surface area contributed by atoms with Gasteiger partial charge in [0, 0.05) is 26.1 Å². The van der Waals surface area contributed by atoms with Crippen molar-refractivity contribution < 1.29 is 19.0 Å². The van der Waals surface area contributed by atoms with Crippen LogP contribution in [-0.2, 0) is 19.0 Å². The molecule has 0 spiro atoms. The molecule has 0 fully saturated rings. The molecule has 0 saturated carbocycles. The molecule has 0 bridgehead atoms. The van der Waals surface area contributed by atoms with Crippen LogP contribution in [0.4, 0.5) is 0 Å². The van der Waals surface area contributed by atoms with E-state index in [1.165, 1.54) is 0 Å². The van der Waals surface area contributed by atoms with Gasteiger partial charge < -0.3 is 19.9 Å². The van der Waals surface area contributed by atoms with Crippen LogP contribution in [0.2, 0.25) is 0 Å². The van der Waals surface area contributed by atoms with E-state index in [0.29, 0.717) is 19.8 Å². The lowest BCUT2D eigenvalue weighted by Gasteiger charge is -2.09. The van der Waals surface area contributed by atoms with Gasteiger partial charge in [0.25, 0.3) is 0 Å². The van der Waals surface area contributed by atoms with Gasteiger partial charge in [0.1, 0.15) is 12.6 Å². The standard InChI is InChI=1S/C9H19NO4S/c1-12-3-2-4-13-5-6-14-9(11)8(10)7-15/h8,15H,2-7,10H2,1H3. The topological polar surface area (TPSA) is 70.8 Å². The molecule has 0 radical (unpaired) electrons. The van der Waals surface area contributed by atoms with Crippen molar-refractivity contribution in [3.8, 4) is 0 Å². The van der Waals surface area contributed by atoms with Crippen molar-refractivity contribution in [3.05, 3.63) is 0 Å². The van der Waals surface area contributed by atoms with E-state index in [4.69, 9.17) is 19.9 Å². The number of ether oxygens (including phenoxy) is 3. The molecule has 5 nitrogen and oxygen atoms in total. The quantitative estimate of drug-likeness (QED) is 0.331. The first-order valence-electron chi connectivity index (χ1n) is 4.82. The molecule has 0 amide bonds. The number of thiol groups is 1. The Morgan fingerprint density at radius 1 is 1.33 bits per heavy atom. The third-order valence-electron chi connectivity index (χ3n) is 1.61. The minimum absolute atomic E-state index is 0.229. The third-order valence-corrected chi connectivity index (χ3v) is 2.00. The van der Waals surface area contributed by atoms with Gasteiger partial charge in [0.15, 0.2) is 0 Å². The number of carbonyl (C=O) groups is 1. The predicted molar refractivity (Wildman–Crippen MR) is 60.1 cm³/mol. The number of nitrogens with two attached hydrogens (primary N) is 1. The average Bonchev–Trinajstić information content (AvgIpc) is 2.26. The van der Waals surface area contributed by atoms with Crippen LogP contribution in [0.1, 0.15) is 6.42 Å². The van der Waals surface area contributed by atoms with Crippen LogP contribution >= 0.6 is 12.6 Å². The summed E-state index contributed by atoms with van der Waals surface area (Å²) in [6.45, 7) is 1.89. The van der Waals surface area contributed by atoms with Crippen LogP contribution in [0.5, 0.6) is 0 Å². The summed E-state index contributed by atoms with van der Waals surface area (Å²) < 4.78 is 14.9. The lowest BCUT2D eigenvalue weighted by atomic mass is 10.4. The molecule has 0 heterocycles. The molecule has 0 aliphatic heterocycles. The molecule has 2 N–H and O–H groups in total. The molecule has 1 atom stereocenters. The summed E-state index contributed by atoms with van der Waals surface area (Å²) in [5.74, 6) is -0.154. The summed E-state index contributed by atoms with van der Waals surface area (Å²) in [4.78, 5) is 11.0. The summed E-state index contributed by atoms with van der Waals surface area (Å²) >= 11 is 3.89. The van der Waals surface area contributed by atoms with Gasteiger partial charge in [-0.05, 0) is 6.42 Å². The fraction of sp³-hybridized carbons (Fsp3) is 0.889. The Bertz CT molecular complexity index is 168. The Kier molecular flexibility index (Phi) is 10.0. The highest BCUT2D eigenvalue weighted by atomic mass is 32.1. The normalized spacial score (nSPS) is 12.5. The highest BCUT2D eigenvalue weighted by Crippen LogP contribution is 1.90. The molecule has 6 heteroatoms. The van der Waals surface area contributed by atoms with Crippen LogP contribution in [0, 0.1) is 0 Å². The van der Waals surface area contributed by atoms with Crippen LogP contribution in [0.3, 0.4) is 0 Å². The van der Waals surface area contributed by atoms with E-state index in [1.54, 1.807) is 7.11 Å². The Morgan fingerprint density at radius 2 is 2.07 bits per heavy atom. The number of esters is 1. The summed E-state index contributed by atoms with van der Waals surface area (Å²) in [7, 11) is 1.64. The van der Waals surface area contributed by atoms with Crippen LogP contribution in [0.25, 0.3) is 0 Å². The summed E-state index contributed by atoms with van der Waals surface area (Å²) in [6, 6.07) is -0.651. The lowest BCUT2D eigenvalue weighted by Crippen LogP contribution is -2.34. The molecule has 0 aliphatic rings. The van der Waals surface area contributed by atoms with E-state index >= 15 is 0 Å². The van der Waals surface area contributed by atoms with E-state index in [1.807, 2.05) is 0 Å². The van der Waals surface area contributed by atoms with Gasteiger partial charge >= 0.3 is 5.97 Å². The zero-order chi connectivity index (χ0) is 11.5. The maximum absolute atomic E-state index is 11.0. The maximum Gasteiger partial charge on any atom is 0.323 e. The first-order valence-corrected chi connectivity index (χ1v) is 5.45. The molecule has 90 valence electrons. The molecule has 1 unspecified atom stereocenters. The second kappa shape index (κ2) is 10.2. The molecular formula is C9H19NO4S. The van der Waals surface area contributed by atoms with Crippen LogP contribution in [-0.4, -0.2) is 51.3 Å². The smallest absolute Gasteiger partial charge is 0.323 e. The fourth-order valence-corrected chi connectivity index (χ4v) is 0.939. The van der Waals surface area contributed by atoms with Gasteiger partial charge in [-0.2, -0.15) is 12.6 Å². The second-order valence-corrected chi connectivity index (χ2v) is 3.28. The Labute approximate surface area is 95.7 Å². The minimum Gasteiger partial charge on any atom is -0.462 e. The van der Waals surface area contributed by atoms with Crippen LogP contribution in [0.15, 0.2) is 0 Å². The number of rotatable bonds is 9. The van der Waals surface area contributed by atoms with Gasteiger partial charge in [-0.3, -0.25) is 4.79 Å². The largest absolute Gasteiger partial charge is 0.462 e. The number of hydrogen-bond donors (Lipinski definition) is 2. The van der Waals surface area contributed by atoms with Gasteiger partial charge in [-0.1, -0.05) is 0 Å². The van der Waals surface area contributed by atoms with E-state index in [9.17, 15) is 4.79 Å². The molecule has 0 rings (SSSR count). The first-order chi connectivity index (χ1) is 7.22. The average molecular weight is 237 g/mol. The molecule has 15 heavy (non-hydrogen) atoms.